The number of aliphatic hydroxyl groups excluding tert-OH is 1. The molecule has 1 aliphatic heterocycles. The molecule has 5 nitrogen and oxygen atoms in total. The van der Waals surface area contributed by atoms with Crippen molar-refractivity contribution in [2.45, 2.75) is 89.0 Å². The van der Waals surface area contributed by atoms with E-state index in [-0.39, 0.29) is 53.8 Å². The second-order valence-electron chi connectivity index (χ2n) is 16.1. The van der Waals surface area contributed by atoms with Crippen LogP contribution in [0.25, 0.3) is 0 Å². The van der Waals surface area contributed by atoms with E-state index in [1.807, 2.05) is 84.9 Å². The van der Waals surface area contributed by atoms with Gasteiger partial charge in [0.2, 0.25) is 0 Å². The Kier molecular flexibility index (Phi) is 18.1. The highest BCUT2D eigenvalue weighted by Crippen LogP contribution is 2.50. The summed E-state index contributed by atoms with van der Waals surface area (Å²) in [6.45, 7) is 5.98. The molecule has 0 saturated carbocycles. The van der Waals surface area contributed by atoms with E-state index >= 15 is 0 Å². The lowest BCUT2D eigenvalue weighted by atomic mass is 9.69. The third-order valence-corrected chi connectivity index (χ3v) is 12.4. The van der Waals surface area contributed by atoms with Crippen molar-refractivity contribution in [2.24, 2.45) is 11.8 Å². The standard InChI is InChI=1S/C39H41ClF2O4.C8H10.C7H8O/c1-25-36(45-23-27-13-7-4-8-14-27)21-30(24-44-22-26-11-5-3-6-12-26)46-38(25)33-20-29(37(40)32-16-10-9-15-31(32)33)17-28-18-34(41)39(43-2)35(42)19-28;1-2-8-6-4-3-5-7-8;8-6-7-4-2-1-3-5-7/h3-16,18-19,25,29-30,33,36-38H,17,20-24H2,1-2H3;3-7H,2H2,1H3;1-5,8H,6H2/t25-,29?,30?,33?,36?,37?,38?;;/m1../s1. The van der Waals surface area contributed by atoms with Gasteiger partial charge < -0.3 is 24.1 Å². The number of ether oxygens (including phenoxy) is 4. The smallest absolute Gasteiger partial charge is 0.190 e. The Labute approximate surface area is 371 Å². The van der Waals surface area contributed by atoms with Gasteiger partial charge in [-0.2, -0.15) is 0 Å². The zero-order valence-corrected chi connectivity index (χ0v) is 36.7. The van der Waals surface area contributed by atoms with E-state index < -0.39 is 11.6 Å². The highest BCUT2D eigenvalue weighted by atomic mass is 35.5. The summed E-state index contributed by atoms with van der Waals surface area (Å²) in [4.78, 5) is 0. The van der Waals surface area contributed by atoms with Gasteiger partial charge in [0.05, 0.1) is 57.2 Å². The van der Waals surface area contributed by atoms with Crippen molar-refractivity contribution in [1.82, 2.24) is 0 Å². The van der Waals surface area contributed by atoms with E-state index in [9.17, 15) is 8.78 Å². The molecule has 0 amide bonds. The van der Waals surface area contributed by atoms with Crippen molar-refractivity contribution in [2.75, 3.05) is 13.7 Å². The van der Waals surface area contributed by atoms with Crippen LogP contribution in [-0.2, 0) is 46.9 Å². The van der Waals surface area contributed by atoms with Crippen molar-refractivity contribution >= 4 is 11.6 Å². The molecule has 0 aromatic heterocycles. The Bertz CT molecular complexity index is 2130. The molecule has 6 aromatic rings. The summed E-state index contributed by atoms with van der Waals surface area (Å²) in [5, 5.41) is 8.23. The highest BCUT2D eigenvalue weighted by molar-refractivity contribution is 6.21. The SMILES string of the molecule is CCc1ccccc1.COc1c(F)cc(CC2CC(C3OC(COCc4ccccc4)CC(OCc4ccccc4)[C@H]3C)c3ccccc3C2Cl)cc1F.OCc1ccccc1. The minimum Gasteiger partial charge on any atom is -0.491 e. The lowest BCUT2D eigenvalue weighted by Crippen LogP contribution is -2.49. The molecule has 1 fully saturated rings. The van der Waals surface area contributed by atoms with E-state index in [1.54, 1.807) is 0 Å². The zero-order chi connectivity index (χ0) is 43.7. The first-order chi connectivity index (χ1) is 30.3. The van der Waals surface area contributed by atoms with Gasteiger partial charge in [-0.25, -0.2) is 8.78 Å². The maximum Gasteiger partial charge on any atom is 0.190 e. The number of hydrogen-bond donors (Lipinski definition) is 1. The number of fused-ring (bicyclic) bond motifs is 1. The number of aryl methyl sites for hydroxylation is 1. The molecule has 6 unspecified atom stereocenters. The number of alkyl halides is 1. The van der Waals surface area contributed by atoms with E-state index in [2.05, 4.69) is 74.5 Å². The van der Waals surface area contributed by atoms with E-state index in [0.717, 1.165) is 40.7 Å². The maximum absolute atomic E-state index is 14.7. The fourth-order valence-corrected chi connectivity index (χ4v) is 8.88. The van der Waals surface area contributed by atoms with Crippen LogP contribution >= 0.6 is 11.6 Å². The Morgan fingerprint density at radius 2 is 1.18 bits per heavy atom. The third kappa shape index (κ3) is 13.1. The number of methoxy groups -OCH3 is 1. The average Bonchev–Trinajstić information content (AvgIpc) is 3.31. The largest absolute Gasteiger partial charge is 0.491 e. The van der Waals surface area contributed by atoms with Gasteiger partial charge in [0.1, 0.15) is 0 Å². The summed E-state index contributed by atoms with van der Waals surface area (Å²) in [5.74, 6) is -1.77. The fourth-order valence-electron chi connectivity index (χ4n) is 8.48. The Morgan fingerprint density at radius 3 is 1.69 bits per heavy atom. The van der Waals surface area contributed by atoms with Gasteiger partial charge in [0.15, 0.2) is 17.4 Å². The van der Waals surface area contributed by atoms with Gasteiger partial charge in [-0.15, -0.1) is 11.6 Å². The topological polar surface area (TPSA) is 57.2 Å². The molecule has 7 atom stereocenters. The molecule has 2 aliphatic rings. The highest BCUT2D eigenvalue weighted by Gasteiger charge is 2.45. The minimum atomic E-state index is -0.711. The van der Waals surface area contributed by atoms with Crippen molar-refractivity contribution < 1.29 is 32.8 Å². The summed E-state index contributed by atoms with van der Waals surface area (Å²) in [6.07, 6.45) is 2.62. The molecule has 62 heavy (non-hydrogen) atoms. The van der Waals surface area contributed by atoms with Gasteiger partial charge in [0, 0.05) is 18.3 Å². The van der Waals surface area contributed by atoms with E-state index in [1.165, 1.54) is 24.8 Å². The second kappa shape index (κ2) is 24.1. The molecule has 0 radical (unpaired) electrons. The molecule has 6 aromatic carbocycles. The Hall–Kier alpha value is -4.89. The molecule has 0 spiro atoms. The molecule has 8 rings (SSSR count). The van der Waals surface area contributed by atoms with Gasteiger partial charge in [-0.05, 0) is 76.3 Å². The summed E-state index contributed by atoms with van der Waals surface area (Å²) in [6, 6.07) is 51.3. The van der Waals surface area contributed by atoms with Gasteiger partial charge in [-0.3, -0.25) is 0 Å². The summed E-state index contributed by atoms with van der Waals surface area (Å²) >= 11 is 7.15. The predicted molar refractivity (Wildman–Crippen MR) is 244 cm³/mol. The fraction of sp³-hybridized carbons (Fsp3) is 0.333. The summed E-state index contributed by atoms with van der Waals surface area (Å²) in [7, 11) is 1.26. The first-order valence-electron chi connectivity index (χ1n) is 21.6. The molecular formula is C54H59ClF2O5. The van der Waals surface area contributed by atoms with Gasteiger partial charge >= 0.3 is 0 Å². The number of hydrogen-bond acceptors (Lipinski definition) is 5. The quantitative estimate of drug-likeness (QED) is 0.117. The molecule has 326 valence electrons. The molecule has 8 heteroatoms. The zero-order valence-electron chi connectivity index (χ0n) is 35.9. The lowest BCUT2D eigenvalue weighted by Gasteiger charge is -2.47. The summed E-state index contributed by atoms with van der Waals surface area (Å²) < 4.78 is 54.0. The molecule has 1 saturated heterocycles. The Morgan fingerprint density at radius 1 is 0.661 bits per heavy atom. The Balaban J connectivity index is 0.000000333. The van der Waals surface area contributed by atoms with Crippen LogP contribution in [0, 0.1) is 23.5 Å². The first kappa shape index (κ1) is 46.6. The molecule has 1 N–H and O–H groups in total. The van der Waals surface area contributed by atoms with Crippen molar-refractivity contribution in [3.8, 4) is 5.75 Å². The van der Waals surface area contributed by atoms with Crippen LogP contribution in [-0.4, -0.2) is 37.1 Å². The normalized spacial score (nSPS) is 21.6. The molecule has 1 aliphatic carbocycles. The second-order valence-corrected chi connectivity index (χ2v) is 16.5. The minimum absolute atomic E-state index is 0.0129. The van der Waals surface area contributed by atoms with Crippen molar-refractivity contribution in [1.29, 1.82) is 0 Å². The monoisotopic (exact) mass is 860 g/mol. The number of halogens is 3. The third-order valence-electron chi connectivity index (χ3n) is 11.8. The van der Waals surface area contributed by atoms with Crippen LogP contribution in [0.4, 0.5) is 8.78 Å². The van der Waals surface area contributed by atoms with Crippen LogP contribution in [0.3, 0.4) is 0 Å². The first-order valence-corrected chi connectivity index (χ1v) is 22.1. The van der Waals surface area contributed by atoms with Crippen LogP contribution < -0.4 is 4.74 Å². The van der Waals surface area contributed by atoms with Gasteiger partial charge in [-0.1, -0.05) is 159 Å². The lowest BCUT2D eigenvalue weighted by molar-refractivity contribution is -0.177. The van der Waals surface area contributed by atoms with Crippen molar-refractivity contribution in [3.63, 3.8) is 0 Å². The average molecular weight is 862 g/mol. The van der Waals surface area contributed by atoms with E-state index in [4.69, 9.17) is 35.7 Å². The molecular weight excluding hydrogens is 802 g/mol. The maximum atomic E-state index is 14.7. The van der Waals surface area contributed by atoms with Crippen LogP contribution in [0.2, 0.25) is 0 Å². The summed E-state index contributed by atoms with van der Waals surface area (Å²) in [5.41, 5.74) is 7.37. The van der Waals surface area contributed by atoms with Crippen LogP contribution in [0.1, 0.15) is 76.9 Å². The van der Waals surface area contributed by atoms with Crippen molar-refractivity contribution in [3.05, 3.63) is 208 Å². The van der Waals surface area contributed by atoms with Gasteiger partial charge in [0.25, 0.3) is 0 Å². The molecule has 1 heterocycles. The number of aliphatic hydroxyl groups is 1. The van der Waals surface area contributed by atoms with Crippen LogP contribution in [0.15, 0.2) is 158 Å². The number of benzene rings is 6. The predicted octanol–water partition coefficient (Wildman–Crippen LogP) is 12.6. The number of rotatable bonds is 13. The molecule has 0 bridgehead atoms. The van der Waals surface area contributed by atoms with E-state index in [0.29, 0.717) is 38.2 Å². The van der Waals surface area contributed by atoms with Crippen LogP contribution in [0.5, 0.6) is 5.75 Å².